The predicted molar refractivity (Wildman–Crippen MR) is 149 cm³/mol. The molecule has 0 aromatic heterocycles. The summed E-state index contributed by atoms with van der Waals surface area (Å²) < 4.78 is 3.46. The fourth-order valence-corrected chi connectivity index (χ4v) is 4.65. The summed E-state index contributed by atoms with van der Waals surface area (Å²) in [5, 5.41) is 8.00. The average Bonchev–Trinajstić information content (AvgIpc) is 2.88. The van der Waals surface area contributed by atoms with Gasteiger partial charge in [0.05, 0.1) is 0 Å². The molecule has 4 aromatic rings. The molecule has 3 N–H and O–H groups in total. The molecule has 0 saturated carbocycles. The summed E-state index contributed by atoms with van der Waals surface area (Å²) in [7, 11) is 0. The van der Waals surface area contributed by atoms with Crippen LogP contribution in [0.1, 0.15) is 36.7 Å². The summed E-state index contributed by atoms with van der Waals surface area (Å²) in [6.07, 6.45) is 0.382. The Labute approximate surface area is 216 Å². The van der Waals surface area contributed by atoms with E-state index in [4.69, 9.17) is 0 Å². The number of nitrogens with one attached hydrogen (secondary N) is 3. The molecule has 6 heteroatoms. The summed E-state index contributed by atoms with van der Waals surface area (Å²) >= 11 is 1.58. The molecule has 0 aliphatic carbocycles. The second-order valence-corrected chi connectivity index (χ2v) is 10.5. The van der Waals surface area contributed by atoms with Crippen LogP contribution in [0.25, 0.3) is 10.8 Å². The fraction of sp³-hybridized carbons (Fsp3) is 0.200. The monoisotopic (exact) mass is 497 g/mol. The molecule has 0 radical (unpaired) electrons. The maximum Gasteiger partial charge on any atom is 0.251 e. The summed E-state index contributed by atoms with van der Waals surface area (Å²) in [6, 6.07) is 29.9. The molecule has 36 heavy (non-hydrogen) atoms. The van der Waals surface area contributed by atoms with Gasteiger partial charge in [0, 0.05) is 33.5 Å². The third-order valence-corrected chi connectivity index (χ3v) is 6.84. The van der Waals surface area contributed by atoms with E-state index in [2.05, 4.69) is 48.3 Å². The van der Waals surface area contributed by atoms with Crippen LogP contribution in [0.3, 0.4) is 0 Å². The molecule has 184 valence electrons. The zero-order valence-electron chi connectivity index (χ0n) is 20.7. The molecule has 0 saturated heterocycles. The number of hydrogen-bond acceptors (Lipinski definition) is 4. The van der Waals surface area contributed by atoms with Crippen molar-refractivity contribution < 1.29 is 9.59 Å². The number of benzene rings is 4. The minimum absolute atomic E-state index is 0.0414. The maximum atomic E-state index is 13.5. The van der Waals surface area contributed by atoms with Gasteiger partial charge < -0.3 is 10.6 Å². The van der Waals surface area contributed by atoms with Crippen molar-refractivity contribution >= 4 is 40.2 Å². The van der Waals surface area contributed by atoms with E-state index in [9.17, 15) is 9.59 Å². The highest BCUT2D eigenvalue weighted by Crippen LogP contribution is 2.32. The summed E-state index contributed by atoms with van der Waals surface area (Å²) in [4.78, 5) is 27.5. The van der Waals surface area contributed by atoms with E-state index in [1.54, 1.807) is 36.2 Å². The first-order valence-electron chi connectivity index (χ1n) is 12.0. The van der Waals surface area contributed by atoms with Gasteiger partial charge in [0.2, 0.25) is 5.91 Å². The highest BCUT2D eigenvalue weighted by Gasteiger charge is 2.23. The van der Waals surface area contributed by atoms with Crippen LogP contribution >= 0.6 is 11.9 Å². The molecule has 0 fully saturated rings. The molecule has 0 heterocycles. The molecule has 4 aromatic carbocycles. The van der Waals surface area contributed by atoms with Gasteiger partial charge >= 0.3 is 0 Å². The molecule has 1 atom stereocenters. The number of anilines is 1. The van der Waals surface area contributed by atoms with Gasteiger partial charge in [0.25, 0.3) is 5.91 Å². The molecule has 4 rings (SSSR count). The molecule has 0 spiro atoms. The lowest BCUT2D eigenvalue weighted by Crippen LogP contribution is -2.45. The van der Waals surface area contributed by atoms with Gasteiger partial charge in [-0.05, 0) is 67.9 Å². The van der Waals surface area contributed by atoms with E-state index < -0.39 is 6.04 Å². The second-order valence-electron chi connectivity index (χ2n) is 9.68. The largest absolute Gasteiger partial charge is 0.340 e. The number of fused-ring (bicyclic) bond motifs is 1. The Bertz CT molecular complexity index is 1330. The van der Waals surface area contributed by atoms with Gasteiger partial charge in [-0.3, -0.25) is 14.3 Å². The Kier molecular flexibility index (Phi) is 8.08. The zero-order chi connectivity index (χ0) is 25.5. The van der Waals surface area contributed by atoms with E-state index in [0.717, 1.165) is 21.2 Å². The number of amides is 2. The van der Waals surface area contributed by atoms with E-state index in [1.807, 2.05) is 60.7 Å². The van der Waals surface area contributed by atoms with Crippen LogP contribution in [0.4, 0.5) is 5.69 Å². The predicted octanol–water partition coefficient (Wildman–Crippen LogP) is 6.21. The highest BCUT2D eigenvalue weighted by molar-refractivity contribution is 7.97. The van der Waals surface area contributed by atoms with Crippen molar-refractivity contribution in [3.63, 3.8) is 0 Å². The Hall–Kier alpha value is -3.61. The summed E-state index contributed by atoms with van der Waals surface area (Å²) in [6.45, 7) is 6.36. The van der Waals surface area contributed by atoms with Crippen LogP contribution in [0.2, 0.25) is 0 Å². The molecular weight excluding hydrogens is 466 g/mol. The van der Waals surface area contributed by atoms with Crippen molar-refractivity contribution in [1.82, 2.24) is 10.0 Å². The van der Waals surface area contributed by atoms with Crippen LogP contribution < -0.4 is 15.4 Å². The first kappa shape index (κ1) is 25.5. The lowest BCUT2D eigenvalue weighted by molar-refractivity contribution is -0.118. The molecule has 5 nitrogen and oxygen atoms in total. The van der Waals surface area contributed by atoms with Crippen LogP contribution in [-0.2, 0) is 11.2 Å². The van der Waals surface area contributed by atoms with Gasteiger partial charge in [-0.15, -0.1) is 0 Å². The third-order valence-electron chi connectivity index (χ3n) is 5.55. The normalized spacial score (nSPS) is 12.2. The molecule has 2 amide bonds. The van der Waals surface area contributed by atoms with Gasteiger partial charge in [-0.25, -0.2) is 0 Å². The lowest BCUT2D eigenvalue weighted by atomic mass is 10.0. The van der Waals surface area contributed by atoms with Gasteiger partial charge in [-0.2, -0.15) is 0 Å². The van der Waals surface area contributed by atoms with Gasteiger partial charge in [0.1, 0.15) is 6.04 Å². The zero-order valence-corrected chi connectivity index (χ0v) is 21.6. The molecule has 0 aliphatic heterocycles. The lowest BCUT2D eigenvalue weighted by Gasteiger charge is -2.21. The first-order valence-corrected chi connectivity index (χ1v) is 12.8. The minimum atomic E-state index is -0.740. The summed E-state index contributed by atoms with van der Waals surface area (Å²) in [5.74, 6) is -0.543. The molecule has 0 unspecified atom stereocenters. The van der Waals surface area contributed by atoms with Crippen molar-refractivity contribution in [3.8, 4) is 0 Å². The van der Waals surface area contributed by atoms with Crippen LogP contribution in [-0.4, -0.2) is 23.4 Å². The maximum absolute atomic E-state index is 13.5. The first-order chi connectivity index (χ1) is 17.3. The Morgan fingerprint density at radius 3 is 2.11 bits per heavy atom. The van der Waals surface area contributed by atoms with E-state index in [1.165, 1.54) is 0 Å². The van der Waals surface area contributed by atoms with Gasteiger partial charge in [0.15, 0.2) is 0 Å². The fourth-order valence-electron chi connectivity index (χ4n) is 3.80. The Morgan fingerprint density at radius 2 is 1.42 bits per heavy atom. The average molecular weight is 498 g/mol. The minimum Gasteiger partial charge on any atom is -0.340 e. The standard InChI is InChI=1S/C30H31N3O2S/c1-30(2,3)33-36-27-19-11-16-23-24(27)17-10-18-25(23)31-29(35)26(20-21-12-6-4-7-13-21)32-28(34)22-14-8-5-9-15-22/h4-19,26,33H,20H2,1-3H3,(H,31,35)(H,32,34)/t26-/m1/s1. The Morgan fingerprint density at radius 1 is 0.778 bits per heavy atom. The number of carbonyl (C=O) groups is 2. The van der Waals surface area contributed by atoms with Crippen LogP contribution in [0.5, 0.6) is 0 Å². The molecule has 0 aliphatic rings. The van der Waals surface area contributed by atoms with E-state index in [0.29, 0.717) is 17.7 Å². The van der Waals surface area contributed by atoms with Crippen molar-refractivity contribution in [1.29, 1.82) is 0 Å². The smallest absolute Gasteiger partial charge is 0.251 e. The van der Waals surface area contributed by atoms with E-state index >= 15 is 0 Å². The quantitative estimate of drug-likeness (QED) is 0.253. The van der Waals surface area contributed by atoms with Crippen molar-refractivity contribution in [2.24, 2.45) is 0 Å². The van der Waals surface area contributed by atoms with Crippen molar-refractivity contribution in [2.75, 3.05) is 5.32 Å². The number of hydrogen-bond donors (Lipinski definition) is 3. The van der Waals surface area contributed by atoms with Crippen LogP contribution in [0.15, 0.2) is 102 Å². The molecule has 0 bridgehead atoms. The van der Waals surface area contributed by atoms with Crippen molar-refractivity contribution in [3.05, 3.63) is 108 Å². The third kappa shape index (κ3) is 6.74. The topological polar surface area (TPSA) is 70.2 Å². The van der Waals surface area contributed by atoms with Crippen molar-refractivity contribution in [2.45, 2.75) is 43.7 Å². The SMILES string of the molecule is CC(C)(C)NSc1cccc2c(NC(=O)[C@@H](Cc3ccccc3)NC(=O)c3ccccc3)cccc12. The molecular formula is C30H31N3O2S. The second kappa shape index (κ2) is 11.4. The number of rotatable bonds is 8. The van der Waals surface area contributed by atoms with Crippen LogP contribution in [0, 0.1) is 0 Å². The number of carbonyl (C=O) groups excluding carboxylic acids is 2. The summed E-state index contributed by atoms with van der Waals surface area (Å²) in [5.41, 5.74) is 2.15. The highest BCUT2D eigenvalue weighted by atomic mass is 32.2. The Balaban J connectivity index is 1.59. The van der Waals surface area contributed by atoms with Gasteiger partial charge in [-0.1, -0.05) is 72.8 Å². The van der Waals surface area contributed by atoms with E-state index in [-0.39, 0.29) is 17.4 Å².